The molecule has 0 saturated carbocycles. The zero-order valence-electron chi connectivity index (χ0n) is 12.9. The van der Waals surface area contributed by atoms with Crippen molar-refractivity contribution in [3.05, 3.63) is 53.9 Å². The lowest BCUT2D eigenvalue weighted by Gasteiger charge is -2.21. The first kappa shape index (κ1) is 15.3. The Kier molecular flexibility index (Phi) is 5.58. The van der Waals surface area contributed by atoms with Crippen LogP contribution in [-0.4, -0.2) is 30.6 Å². The molecule has 0 radical (unpaired) electrons. The molecule has 0 saturated heterocycles. The highest BCUT2D eigenvalue weighted by Gasteiger charge is 2.08. The van der Waals surface area contributed by atoms with Gasteiger partial charge < -0.3 is 9.47 Å². The standard InChI is InChI=1S/C17H22N2O2/c1-4-19(13-15-6-5-9-18-11-15)12-14-7-8-16(20-2)17(10-14)21-3/h5-11H,4,12-13H2,1-3H3. The first-order valence-electron chi connectivity index (χ1n) is 7.09. The van der Waals surface area contributed by atoms with Crippen LogP contribution in [0.25, 0.3) is 0 Å². The molecule has 2 aromatic rings. The minimum Gasteiger partial charge on any atom is -0.493 e. The van der Waals surface area contributed by atoms with E-state index in [9.17, 15) is 0 Å². The van der Waals surface area contributed by atoms with Crippen molar-refractivity contribution in [1.29, 1.82) is 0 Å². The molecular weight excluding hydrogens is 264 g/mol. The quantitative estimate of drug-likeness (QED) is 0.783. The van der Waals surface area contributed by atoms with Crippen LogP contribution in [0.5, 0.6) is 11.5 Å². The minimum atomic E-state index is 0.761. The summed E-state index contributed by atoms with van der Waals surface area (Å²) >= 11 is 0. The summed E-state index contributed by atoms with van der Waals surface area (Å²) in [6, 6.07) is 10.1. The molecule has 0 unspecified atom stereocenters. The third kappa shape index (κ3) is 4.20. The molecule has 21 heavy (non-hydrogen) atoms. The van der Waals surface area contributed by atoms with Crippen LogP contribution >= 0.6 is 0 Å². The van der Waals surface area contributed by atoms with Gasteiger partial charge in [-0.05, 0) is 35.9 Å². The predicted octanol–water partition coefficient (Wildman–Crippen LogP) is 3.12. The molecule has 2 rings (SSSR count). The second kappa shape index (κ2) is 7.64. The van der Waals surface area contributed by atoms with Gasteiger partial charge in [-0.2, -0.15) is 0 Å². The summed E-state index contributed by atoms with van der Waals surface area (Å²) < 4.78 is 10.6. The van der Waals surface area contributed by atoms with Crippen molar-refractivity contribution in [3.63, 3.8) is 0 Å². The Labute approximate surface area is 126 Å². The maximum atomic E-state index is 5.36. The van der Waals surface area contributed by atoms with E-state index in [1.54, 1.807) is 20.4 Å². The zero-order valence-corrected chi connectivity index (χ0v) is 12.9. The molecule has 1 aromatic heterocycles. The summed E-state index contributed by atoms with van der Waals surface area (Å²) in [6.45, 7) is 4.89. The molecule has 4 nitrogen and oxygen atoms in total. The average Bonchev–Trinajstić information content (AvgIpc) is 2.55. The fourth-order valence-corrected chi connectivity index (χ4v) is 2.27. The number of pyridine rings is 1. The molecule has 0 aliphatic heterocycles. The third-order valence-corrected chi connectivity index (χ3v) is 3.43. The van der Waals surface area contributed by atoms with Crippen LogP contribution in [0.15, 0.2) is 42.7 Å². The first-order valence-corrected chi connectivity index (χ1v) is 7.09. The molecule has 0 aliphatic carbocycles. The number of rotatable bonds is 7. The van der Waals surface area contributed by atoms with Gasteiger partial charge in [-0.3, -0.25) is 9.88 Å². The van der Waals surface area contributed by atoms with Crippen molar-refractivity contribution in [2.45, 2.75) is 20.0 Å². The molecule has 0 atom stereocenters. The highest BCUT2D eigenvalue weighted by Crippen LogP contribution is 2.28. The van der Waals surface area contributed by atoms with E-state index in [1.165, 1.54) is 11.1 Å². The van der Waals surface area contributed by atoms with E-state index in [4.69, 9.17) is 9.47 Å². The molecule has 1 aromatic carbocycles. The molecule has 0 N–H and O–H groups in total. The van der Waals surface area contributed by atoms with E-state index in [0.29, 0.717) is 0 Å². The smallest absolute Gasteiger partial charge is 0.161 e. The summed E-state index contributed by atoms with van der Waals surface area (Å²) in [5.74, 6) is 1.53. The minimum absolute atomic E-state index is 0.761. The first-order chi connectivity index (χ1) is 10.3. The zero-order chi connectivity index (χ0) is 15.1. The Morgan fingerprint density at radius 3 is 2.38 bits per heavy atom. The largest absolute Gasteiger partial charge is 0.493 e. The van der Waals surface area contributed by atoms with Crippen LogP contribution in [0.2, 0.25) is 0 Å². The van der Waals surface area contributed by atoms with E-state index in [1.807, 2.05) is 24.4 Å². The lowest BCUT2D eigenvalue weighted by atomic mass is 10.1. The van der Waals surface area contributed by atoms with Crippen molar-refractivity contribution >= 4 is 0 Å². The van der Waals surface area contributed by atoms with Gasteiger partial charge in [0.15, 0.2) is 11.5 Å². The predicted molar refractivity (Wildman–Crippen MR) is 83.6 cm³/mol. The van der Waals surface area contributed by atoms with Crippen molar-refractivity contribution in [2.75, 3.05) is 20.8 Å². The normalized spacial score (nSPS) is 10.7. The number of hydrogen-bond donors (Lipinski definition) is 0. The highest BCUT2D eigenvalue weighted by molar-refractivity contribution is 5.42. The number of nitrogens with zero attached hydrogens (tertiary/aromatic N) is 2. The van der Waals surface area contributed by atoms with Gasteiger partial charge in [-0.1, -0.05) is 19.1 Å². The van der Waals surface area contributed by atoms with Crippen LogP contribution in [0.1, 0.15) is 18.1 Å². The van der Waals surface area contributed by atoms with Crippen LogP contribution in [0.3, 0.4) is 0 Å². The van der Waals surface area contributed by atoms with E-state index in [2.05, 4.69) is 28.9 Å². The average molecular weight is 286 g/mol. The Morgan fingerprint density at radius 2 is 1.76 bits per heavy atom. The van der Waals surface area contributed by atoms with Crippen LogP contribution in [-0.2, 0) is 13.1 Å². The van der Waals surface area contributed by atoms with E-state index in [0.717, 1.165) is 31.1 Å². The summed E-state index contributed by atoms with van der Waals surface area (Å²) in [7, 11) is 3.31. The highest BCUT2D eigenvalue weighted by atomic mass is 16.5. The van der Waals surface area contributed by atoms with Gasteiger partial charge in [-0.15, -0.1) is 0 Å². The number of methoxy groups -OCH3 is 2. The fraction of sp³-hybridized carbons (Fsp3) is 0.353. The Balaban J connectivity index is 2.08. The third-order valence-electron chi connectivity index (χ3n) is 3.43. The van der Waals surface area contributed by atoms with Gasteiger partial charge in [0.2, 0.25) is 0 Å². The van der Waals surface area contributed by atoms with Crippen molar-refractivity contribution in [1.82, 2.24) is 9.88 Å². The summed E-state index contributed by atoms with van der Waals surface area (Å²) in [4.78, 5) is 6.53. The molecule has 0 spiro atoms. The van der Waals surface area contributed by atoms with Crippen molar-refractivity contribution < 1.29 is 9.47 Å². The van der Waals surface area contributed by atoms with Crippen LogP contribution in [0, 0.1) is 0 Å². The Bertz CT molecular complexity index is 558. The maximum Gasteiger partial charge on any atom is 0.161 e. The molecular formula is C17H22N2O2. The van der Waals surface area contributed by atoms with Crippen molar-refractivity contribution in [3.8, 4) is 11.5 Å². The molecule has 4 heteroatoms. The Morgan fingerprint density at radius 1 is 1.00 bits per heavy atom. The number of ether oxygens (including phenoxy) is 2. The van der Waals surface area contributed by atoms with Gasteiger partial charge in [0.1, 0.15) is 0 Å². The SMILES string of the molecule is CCN(Cc1cccnc1)Cc1ccc(OC)c(OC)c1. The summed E-state index contributed by atoms with van der Waals surface area (Å²) in [5, 5.41) is 0. The van der Waals surface area contributed by atoms with Gasteiger partial charge in [-0.25, -0.2) is 0 Å². The summed E-state index contributed by atoms with van der Waals surface area (Å²) in [5.41, 5.74) is 2.43. The van der Waals surface area contributed by atoms with Gasteiger partial charge in [0.25, 0.3) is 0 Å². The molecule has 0 amide bonds. The summed E-state index contributed by atoms with van der Waals surface area (Å²) in [6.07, 6.45) is 3.71. The van der Waals surface area contributed by atoms with E-state index >= 15 is 0 Å². The number of hydrogen-bond acceptors (Lipinski definition) is 4. The maximum absolute atomic E-state index is 5.36. The van der Waals surface area contributed by atoms with E-state index < -0.39 is 0 Å². The fourth-order valence-electron chi connectivity index (χ4n) is 2.27. The monoisotopic (exact) mass is 286 g/mol. The lowest BCUT2D eigenvalue weighted by Crippen LogP contribution is -2.22. The molecule has 0 fully saturated rings. The lowest BCUT2D eigenvalue weighted by molar-refractivity contribution is 0.270. The Hall–Kier alpha value is -2.07. The van der Waals surface area contributed by atoms with Crippen molar-refractivity contribution in [2.24, 2.45) is 0 Å². The van der Waals surface area contributed by atoms with E-state index in [-0.39, 0.29) is 0 Å². The van der Waals surface area contributed by atoms with Crippen LogP contribution < -0.4 is 9.47 Å². The van der Waals surface area contributed by atoms with Gasteiger partial charge >= 0.3 is 0 Å². The number of aromatic nitrogens is 1. The van der Waals surface area contributed by atoms with Gasteiger partial charge in [0, 0.05) is 25.5 Å². The molecule has 0 bridgehead atoms. The number of benzene rings is 1. The molecule has 0 aliphatic rings. The second-order valence-corrected chi connectivity index (χ2v) is 4.85. The molecule has 1 heterocycles. The van der Waals surface area contributed by atoms with Gasteiger partial charge in [0.05, 0.1) is 14.2 Å². The second-order valence-electron chi connectivity index (χ2n) is 4.85. The van der Waals surface area contributed by atoms with Crippen LogP contribution in [0.4, 0.5) is 0 Å². The topological polar surface area (TPSA) is 34.6 Å². The molecule has 112 valence electrons.